The zero-order valence-corrected chi connectivity index (χ0v) is 13.1. The number of esters is 1. The number of methoxy groups -OCH3 is 1. The van der Waals surface area contributed by atoms with Gasteiger partial charge in [0.05, 0.1) is 12.7 Å². The van der Waals surface area contributed by atoms with Gasteiger partial charge in [-0.15, -0.1) is 11.3 Å². The van der Waals surface area contributed by atoms with Crippen LogP contribution in [0, 0.1) is 6.92 Å². The van der Waals surface area contributed by atoms with E-state index in [1.54, 1.807) is 30.3 Å². The minimum atomic E-state index is -0.408. The fourth-order valence-electron chi connectivity index (χ4n) is 1.68. The molecule has 5 nitrogen and oxygen atoms in total. The molecule has 1 aromatic heterocycles. The summed E-state index contributed by atoms with van der Waals surface area (Å²) in [6.07, 6.45) is 0. The van der Waals surface area contributed by atoms with Crippen molar-refractivity contribution >= 4 is 45.3 Å². The van der Waals surface area contributed by atoms with Crippen molar-refractivity contribution in [3.05, 3.63) is 40.8 Å². The first kappa shape index (κ1) is 15.3. The first-order valence-corrected chi connectivity index (χ1v) is 7.28. The van der Waals surface area contributed by atoms with Gasteiger partial charge in [0.1, 0.15) is 10.8 Å². The summed E-state index contributed by atoms with van der Waals surface area (Å²) in [6.45, 7) is 1.90. The molecule has 2 rings (SSSR count). The molecule has 2 aromatic rings. The van der Waals surface area contributed by atoms with Crippen molar-refractivity contribution in [3.8, 4) is 5.75 Å². The van der Waals surface area contributed by atoms with Gasteiger partial charge in [-0.25, -0.2) is 4.79 Å². The summed E-state index contributed by atoms with van der Waals surface area (Å²) >= 11 is 6.63. The van der Waals surface area contributed by atoms with Crippen LogP contribution >= 0.6 is 23.6 Å². The van der Waals surface area contributed by atoms with Gasteiger partial charge in [0, 0.05) is 10.6 Å². The summed E-state index contributed by atoms with van der Waals surface area (Å²) in [7, 11) is 1.34. The first-order chi connectivity index (χ1) is 9.99. The Morgan fingerprint density at radius 3 is 2.57 bits per heavy atom. The molecule has 7 heteroatoms. The van der Waals surface area contributed by atoms with Crippen LogP contribution in [0.3, 0.4) is 0 Å². The maximum atomic E-state index is 11.7. The largest absolute Gasteiger partial charge is 0.508 e. The summed E-state index contributed by atoms with van der Waals surface area (Å²) in [5.41, 5.74) is 1.19. The summed E-state index contributed by atoms with van der Waals surface area (Å²) in [6, 6.07) is 8.26. The lowest BCUT2D eigenvalue weighted by Gasteiger charge is -2.10. The molecule has 0 fully saturated rings. The Morgan fingerprint density at radius 1 is 1.29 bits per heavy atom. The number of carbonyl (C=O) groups is 1. The second-order valence-electron chi connectivity index (χ2n) is 4.22. The van der Waals surface area contributed by atoms with E-state index in [-0.39, 0.29) is 5.75 Å². The van der Waals surface area contributed by atoms with Crippen LogP contribution in [0.2, 0.25) is 0 Å². The number of benzene rings is 1. The van der Waals surface area contributed by atoms with E-state index >= 15 is 0 Å². The van der Waals surface area contributed by atoms with Crippen LogP contribution in [0.4, 0.5) is 10.7 Å². The quantitative estimate of drug-likeness (QED) is 0.457. The molecule has 1 aromatic carbocycles. The molecule has 0 atom stereocenters. The molecule has 0 aliphatic carbocycles. The Bertz CT molecular complexity index is 665. The molecular weight excluding hydrogens is 308 g/mol. The summed E-state index contributed by atoms with van der Waals surface area (Å²) in [5, 5.41) is 16.2. The van der Waals surface area contributed by atoms with Crippen molar-refractivity contribution in [1.82, 2.24) is 0 Å². The average Bonchev–Trinajstić information content (AvgIpc) is 2.81. The highest BCUT2D eigenvalue weighted by atomic mass is 32.1. The normalized spacial score (nSPS) is 10.0. The number of ether oxygens (including phenoxy) is 1. The van der Waals surface area contributed by atoms with Crippen molar-refractivity contribution < 1.29 is 14.6 Å². The number of thiocarbonyl (C=S) groups is 1. The highest BCUT2D eigenvalue weighted by Gasteiger charge is 2.16. The van der Waals surface area contributed by atoms with E-state index in [4.69, 9.17) is 17.0 Å². The monoisotopic (exact) mass is 322 g/mol. The summed E-state index contributed by atoms with van der Waals surface area (Å²) in [4.78, 5) is 12.7. The highest BCUT2D eigenvalue weighted by Crippen LogP contribution is 2.28. The minimum absolute atomic E-state index is 0.182. The molecule has 0 saturated heterocycles. The zero-order valence-electron chi connectivity index (χ0n) is 11.5. The van der Waals surface area contributed by atoms with Crippen molar-refractivity contribution in [2.45, 2.75) is 6.92 Å². The molecule has 21 heavy (non-hydrogen) atoms. The van der Waals surface area contributed by atoms with Gasteiger partial charge in [-0.3, -0.25) is 0 Å². The number of hydrogen-bond donors (Lipinski definition) is 3. The number of phenols is 1. The van der Waals surface area contributed by atoms with Gasteiger partial charge >= 0.3 is 5.97 Å². The van der Waals surface area contributed by atoms with Gasteiger partial charge in [-0.2, -0.15) is 0 Å². The number of nitrogens with one attached hydrogen (secondary N) is 2. The Kier molecular flexibility index (Phi) is 4.77. The van der Waals surface area contributed by atoms with Gasteiger partial charge in [0.15, 0.2) is 5.11 Å². The lowest BCUT2D eigenvalue weighted by molar-refractivity contribution is 0.0602. The predicted octanol–water partition coefficient (Wildman–Crippen LogP) is 3.36. The van der Waals surface area contributed by atoms with E-state index in [2.05, 4.69) is 10.6 Å². The number of hydrogen-bond acceptors (Lipinski definition) is 5. The van der Waals surface area contributed by atoms with E-state index in [0.29, 0.717) is 15.7 Å². The SMILES string of the molecule is COC(=O)c1cc(C)sc1NC(=S)Nc1ccc(O)cc1. The van der Waals surface area contributed by atoms with Crippen LogP contribution < -0.4 is 10.6 Å². The van der Waals surface area contributed by atoms with Gasteiger partial charge in [-0.1, -0.05) is 0 Å². The van der Waals surface area contributed by atoms with Crippen molar-refractivity contribution in [1.29, 1.82) is 0 Å². The molecule has 0 amide bonds. The first-order valence-electron chi connectivity index (χ1n) is 6.05. The van der Waals surface area contributed by atoms with Crippen LogP contribution in [0.5, 0.6) is 5.75 Å². The molecule has 0 aliphatic rings. The molecule has 3 N–H and O–H groups in total. The number of anilines is 2. The highest BCUT2D eigenvalue weighted by molar-refractivity contribution is 7.80. The number of phenolic OH excluding ortho intramolecular Hbond substituents is 1. The maximum Gasteiger partial charge on any atom is 0.340 e. The third-order valence-corrected chi connectivity index (χ3v) is 3.78. The Labute approximate surface area is 131 Å². The van der Waals surface area contributed by atoms with Crippen LogP contribution in [0.25, 0.3) is 0 Å². The zero-order chi connectivity index (χ0) is 15.4. The fraction of sp³-hybridized carbons (Fsp3) is 0.143. The topological polar surface area (TPSA) is 70.6 Å². The molecule has 0 radical (unpaired) electrons. The predicted molar refractivity (Wildman–Crippen MR) is 88.3 cm³/mol. The molecule has 0 spiro atoms. The third kappa shape index (κ3) is 3.93. The number of rotatable bonds is 3. The Balaban J connectivity index is 2.09. The van der Waals surface area contributed by atoms with Crippen molar-refractivity contribution in [3.63, 3.8) is 0 Å². The van der Waals surface area contributed by atoms with Gasteiger partial charge in [0.25, 0.3) is 0 Å². The maximum absolute atomic E-state index is 11.7. The number of aromatic hydroxyl groups is 1. The van der Waals surface area contributed by atoms with Crippen molar-refractivity contribution in [2.75, 3.05) is 17.7 Å². The lowest BCUT2D eigenvalue weighted by atomic mass is 10.3. The summed E-state index contributed by atoms with van der Waals surface area (Å²) in [5.74, 6) is -0.226. The second kappa shape index (κ2) is 6.55. The van der Waals surface area contributed by atoms with Crippen LogP contribution in [-0.4, -0.2) is 23.3 Å². The van der Waals surface area contributed by atoms with Gasteiger partial charge < -0.3 is 20.5 Å². The third-order valence-electron chi connectivity index (χ3n) is 2.61. The summed E-state index contributed by atoms with van der Waals surface area (Å²) < 4.78 is 4.74. The second-order valence-corrected chi connectivity index (χ2v) is 5.88. The number of carbonyl (C=O) groups excluding carboxylic acids is 1. The van der Waals surface area contributed by atoms with Gasteiger partial charge in [-0.05, 0) is 49.5 Å². The van der Waals surface area contributed by atoms with Crippen LogP contribution in [0.15, 0.2) is 30.3 Å². The van der Waals surface area contributed by atoms with E-state index in [1.807, 2.05) is 6.92 Å². The Morgan fingerprint density at radius 2 is 1.95 bits per heavy atom. The van der Waals surface area contributed by atoms with E-state index in [1.165, 1.54) is 18.4 Å². The number of aryl methyl sites for hydroxylation is 1. The molecule has 0 unspecified atom stereocenters. The lowest BCUT2D eigenvalue weighted by Crippen LogP contribution is -2.19. The van der Waals surface area contributed by atoms with Crippen LogP contribution in [-0.2, 0) is 4.74 Å². The smallest absolute Gasteiger partial charge is 0.340 e. The fourth-order valence-corrected chi connectivity index (χ4v) is 2.87. The van der Waals surface area contributed by atoms with E-state index < -0.39 is 5.97 Å². The average molecular weight is 322 g/mol. The minimum Gasteiger partial charge on any atom is -0.508 e. The van der Waals surface area contributed by atoms with Crippen LogP contribution in [0.1, 0.15) is 15.2 Å². The van der Waals surface area contributed by atoms with Crippen molar-refractivity contribution in [2.24, 2.45) is 0 Å². The van der Waals surface area contributed by atoms with E-state index in [0.717, 1.165) is 10.6 Å². The molecule has 0 saturated carbocycles. The molecule has 0 aliphatic heterocycles. The standard InChI is InChI=1S/C14H14N2O3S2/c1-8-7-11(13(18)19-2)12(21-8)16-14(20)15-9-3-5-10(17)6-4-9/h3-7,17H,1-2H3,(H2,15,16,20). The van der Waals surface area contributed by atoms with Gasteiger partial charge in [0.2, 0.25) is 0 Å². The molecule has 0 bridgehead atoms. The molecule has 110 valence electrons. The molecular formula is C14H14N2O3S2. The van der Waals surface area contributed by atoms with E-state index in [9.17, 15) is 9.90 Å². The Hall–Kier alpha value is -2.12. The molecule has 1 heterocycles. The number of thiophene rings is 1.